The molecular formula is C14H11BrN2. The van der Waals surface area contributed by atoms with Crippen LogP contribution < -0.4 is 0 Å². The Bertz CT molecular complexity index is 553. The van der Waals surface area contributed by atoms with E-state index in [2.05, 4.69) is 33.9 Å². The van der Waals surface area contributed by atoms with E-state index in [1.807, 2.05) is 36.5 Å². The van der Waals surface area contributed by atoms with Crippen LogP contribution in [0.15, 0.2) is 42.6 Å². The summed E-state index contributed by atoms with van der Waals surface area (Å²) in [7, 11) is 0. The van der Waals surface area contributed by atoms with Gasteiger partial charge in [-0.15, -0.1) is 0 Å². The fourth-order valence-electron chi connectivity index (χ4n) is 1.60. The average molecular weight is 287 g/mol. The summed E-state index contributed by atoms with van der Waals surface area (Å²) in [5.74, 6) is 0. The van der Waals surface area contributed by atoms with Crippen molar-refractivity contribution in [2.75, 3.05) is 0 Å². The maximum absolute atomic E-state index is 9.04. The van der Waals surface area contributed by atoms with Gasteiger partial charge in [-0.1, -0.05) is 40.2 Å². The van der Waals surface area contributed by atoms with E-state index in [4.69, 9.17) is 5.26 Å². The molecule has 0 aliphatic carbocycles. The molecule has 1 unspecified atom stereocenters. The fraction of sp³-hybridized carbons (Fsp3) is 0.143. The quantitative estimate of drug-likeness (QED) is 0.780. The Morgan fingerprint density at radius 2 is 2.00 bits per heavy atom. The molecule has 0 bridgehead atoms. The van der Waals surface area contributed by atoms with Crippen LogP contribution in [0.3, 0.4) is 0 Å². The van der Waals surface area contributed by atoms with Gasteiger partial charge < -0.3 is 0 Å². The van der Waals surface area contributed by atoms with Gasteiger partial charge in [0.15, 0.2) is 0 Å². The summed E-state index contributed by atoms with van der Waals surface area (Å²) in [5, 5.41) is 9.04. The number of rotatable bonds is 2. The summed E-state index contributed by atoms with van der Waals surface area (Å²) in [6, 6.07) is 13.6. The van der Waals surface area contributed by atoms with Crippen molar-refractivity contribution in [2.45, 2.75) is 11.8 Å². The molecule has 0 amide bonds. The summed E-state index contributed by atoms with van der Waals surface area (Å²) >= 11 is 3.50. The molecule has 0 saturated heterocycles. The lowest BCUT2D eigenvalue weighted by molar-refractivity contribution is 1.09. The highest BCUT2D eigenvalue weighted by Crippen LogP contribution is 2.25. The van der Waals surface area contributed by atoms with Crippen LogP contribution in [0.5, 0.6) is 0 Å². The molecule has 0 radical (unpaired) electrons. The number of hydrogen-bond donors (Lipinski definition) is 0. The molecule has 84 valence electrons. The molecular weight excluding hydrogens is 276 g/mol. The monoisotopic (exact) mass is 286 g/mol. The highest BCUT2D eigenvalue weighted by molar-refractivity contribution is 9.09. The molecule has 3 heteroatoms. The molecule has 2 nitrogen and oxygen atoms in total. The summed E-state index contributed by atoms with van der Waals surface area (Å²) < 4.78 is 0. The normalized spacial score (nSPS) is 11.8. The third-order valence-electron chi connectivity index (χ3n) is 2.57. The zero-order valence-electron chi connectivity index (χ0n) is 9.39. The first-order valence-corrected chi connectivity index (χ1v) is 6.23. The van der Waals surface area contributed by atoms with E-state index in [9.17, 15) is 0 Å². The minimum atomic E-state index is 0.287. The van der Waals surface area contributed by atoms with Crippen LogP contribution in [-0.4, -0.2) is 4.98 Å². The first-order valence-electron chi connectivity index (χ1n) is 5.32. The van der Waals surface area contributed by atoms with Crippen molar-refractivity contribution in [1.82, 2.24) is 4.98 Å². The van der Waals surface area contributed by atoms with Gasteiger partial charge in [0.1, 0.15) is 0 Å². The number of hydrogen-bond acceptors (Lipinski definition) is 2. The van der Waals surface area contributed by atoms with Gasteiger partial charge in [-0.3, -0.25) is 4.98 Å². The Kier molecular flexibility index (Phi) is 3.55. The van der Waals surface area contributed by atoms with Crippen LogP contribution in [0.1, 0.15) is 22.9 Å². The van der Waals surface area contributed by atoms with Gasteiger partial charge in [-0.25, -0.2) is 0 Å². The lowest BCUT2D eigenvalue weighted by Gasteiger charge is -2.06. The minimum Gasteiger partial charge on any atom is -0.256 e. The fourth-order valence-corrected chi connectivity index (χ4v) is 1.87. The smallest absolute Gasteiger partial charge is 0.0998 e. The second-order valence-electron chi connectivity index (χ2n) is 3.75. The molecule has 0 N–H and O–H groups in total. The molecule has 1 heterocycles. The van der Waals surface area contributed by atoms with E-state index in [0.717, 1.165) is 16.8 Å². The van der Waals surface area contributed by atoms with Crippen molar-refractivity contribution in [3.63, 3.8) is 0 Å². The molecule has 1 aromatic heterocycles. The molecule has 0 aliphatic heterocycles. The molecule has 0 aliphatic rings. The summed E-state index contributed by atoms with van der Waals surface area (Å²) in [6.45, 7) is 2.06. The van der Waals surface area contributed by atoms with E-state index in [-0.39, 0.29) is 4.83 Å². The standard InChI is InChI=1S/C14H11BrN2/c1-10(15)12-6-7-14(17-9-12)13-5-3-2-4-11(13)8-16/h2-7,9-10H,1H3. The first-order chi connectivity index (χ1) is 8.22. The maximum atomic E-state index is 9.04. The summed E-state index contributed by atoms with van der Waals surface area (Å²) in [6.07, 6.45) is 1.84. The van der Waals surface area contributed by atoms with Gasteiger partial charge in [0, 0.05) is 16.6 Å². The second kappa shape index (κ2) is 5.11. The molecule has 1 atom stereocenters. The van der Waals surface area contributed by atoms with Crippen LogP contribution >= 0.6 is 15.9 Å². The molecule has 0 fully saturated rings. The number of aromatic nitrogens is 1. The lowest BCUT2D eigenvalue weighted by Crippen LogP contribution is -1.90. The summed E-state index contributed by atoms with van der Waals surface area (Å²) in [5.41, 5.74) is 3.49. The number of nitriles is 1. The molecule has 1 aromatic carbocycles. The van der Waals surface area contributed by atoms with E-state index in [1.54, 1.807) is 6.07 Å². The SMILES string of the molecule is CC(Br)c1ccc(-c2ccccc2C#N)nc1. The second-order valence-corrected chi connectivity index (χ2v) is 5.12. The maximum Gasteiger partial charge on any atom is 0.0998 e. The molecule has 0 spiro atoms. The van der Waals surface area contributed by atoms with E-state index in [0.29, 0.717) is 5.56 Å². The van der Waals surface area contributed by atoms with E-state index < -0.39 is 0 Å². The van der Waals surface area contributed by atoms with Gasteiger partial charge in [0.05, 0.1) is 17.3 Å². The summed E-state index contributed by atoms with van der Waals surface area (Å²) in [4.78, 5) is 4.68. The lowest BCUT2D eigenvalue weighted by atomic mass is 10.0. The molecule has 2 aromatic rings. The van der Waals surface area contributed by atoms with Crippen LogP contribution in [-0.2, 0) is 0 Å². The number of alkyl halides is 1. The molecule has 0 saturated carbocycles. The van der Waals surface area contributed by atoms with Crippen LogP contribution in [0.4, 0.5) is 0 Å². The topological polar surface area (TPSA) is 36.7 Å². The number of benzene rings is 1. The highest BCUT2D eigenvalue weighted by atomic mass is 79.9. The van der Waals surface area contributed by atoms with Gasteiger partial charge in [-0.2, -0.15) is 5.26 Å². The van der Waals surface area contributed by atoms with Crippen LogP contribution in [0, 0.1) is 11.3 Å². The zero-order valence-corrected chi connectivity index (χ0v) is 11.0. The van der Waals surface area contributed by atoms with Crippen LogP contribution in [0.2, 0.25) is 0 Å². The van der Waals surface area contributed by atoms with E-state index in [1.165, 1.54) is 0 Å². The third-order valence-corrected chi connectivity index (χ3v) is 3.10. The minimum absolute atomic E-state index is 0.287. The van der Waals surface area contributed by atoms with Crippen molar-refractivity contribution in [1.29, 1.82) is 5.26 Å². The average Bonchev–Trinajstić information content (AvgIpc) is 2.39. The predicted octanol–water partition coefficient (Wildman–Crippen LogP) is 4.08. The Labute approximate surface area is 109 Å². The van der Waals surface area contributed by atoms with Crippen molar-refractivity contribution >= 4 is 15.9 Å². The van der Waals surface area contributed by atoms with Gasteiger partial charge in [-0.05, 0) is 24.6 Å². The van der Waals surface area contributed by atoms with Crippen molar-refractivity contribution in [3.8, 4) is 17.3 Å². The largest absolute Gasteiger partial charge is 0.256 e. The Hall–Kier alpha value is -1.66. The Balaban J connectivity index is 2.44. The van der Waals surface area contributed by atoms with E-state index >= 15 is 0 Å². The van der Waals surface area contributed by atoms with Crippen molar-refractivity contribution < 1.29 is 0 Å². The van der Waals surface area contributed by atoms with Gasteiger partial charge >= 0.3 is 0 Å². The Morgan fingerprint density at radius 3 is 2.59 bits per heavy atom. The van der Waals surface area contributed by atoms with Crippen LogP contribution in [0.25, 0.3) is 11.3 Å². The third kappa shape index (κ3) is 2.54. The van der Waals surface area contributed by atoms with Crippen molar-refractivity contribution in [2.24, 2.45) is 0 Å². The number of pyridine rings is 1. The zero-order chi connectivity index (χ0) is 12.3. The molecule has 17 heavy (non-hydrogen) atoms. The van der Waals surface area contributed by atoms with Crippen molar-refractivity contribution in [3.05, 3.63) is 53.7 Å². The van der Waals surface area contributed by atoms with Gasteiger partial charge in [0.2, 0.25) is 0 Å². The molecule has 2 rings (SSSR count). The highest BCUT2D eigenvalue weighted by Gasteiger charge is 2.06. The predicted molar refractivity (Wildman–Crippen MR) is 71.7 cm³/mol. The first kappa shape index (κ1) is 11.8. The Morgan fingerprint density at radius 1 is 1.24 bits per heavy atom. The number of nitrogens with zero attached hydrogens (tertiary/aromatic N) is 2. The van der Waals surface area contributed by atoms with Gasteiger partial charge in [0.25, 0.3) is 0 Å². The number of halogens is 1.